The van der Waals surface area contributed by atoms with E-state index in [0.717, 1.165) is 22.2 Å². The molecule has 6 heteroatoms. The van der Waals surface area contributed by atoms with Crippen LogP contribution in [0, 0.1) is 5.92 Å². The number of carbonyl (C=O) groups is 1. The number of amides is 1. The van der Waals surface area contributed by atoms with Crippen molar-refractivity contribution >= 4 is 22.9 Å². The molecule has 2 heterocycles. The van der Waals surface area contributed by atoms with Crippen LogP contribution in [0.15, 0.2) is 59.0 Å². The van der Waals surface area contributed by atoms with Crippen molar-refractivity contribution < 1.29 is 9.53 Å². The normalized spacial score (nSPS) is 21.5. The zero-order valence-corrected chi connectivity index (χ0v) is 14.0. The van der Waals surface area contributed by atoms with Crippen molar-refractivity contribution in [3.8, 4) is 5.75 Å². The summed E-state index contributed by atoms with van der Waals surface area (Å²) in [5.41, 5.74) is 0.790. The number of aliphatic imine (C=N–C) groups is 1. The molecule has 25 heavy (non-hydrogen) atoms. The van der Waals surface area contributed by atoms with E-state index in [2.05, 4.69) is 33.1 Å². The quantitative estimate of drug-likeness (QED) is 0.795. The minimum absolute atomic E-state index is 0.00601. The van der Waals surface area contributed by atoms with Crippen LogP contribution in [0.4, 0.5) is 0 Å². The number of hydrogen-bond acceptors (Lipinski definition) is 5. The SMILES string of the molecule is CCNC(=O)C1CNC2=C1NC(Oc1cccc3ccccc13)C=N2. The van der Waals surface area contributed by atoms with Crippen molar-refractivity contribution in [1.29, 1.82) is 0 Å². The van der Waals surface area contributed by atoms with Gasteiger partial charge in [-0.15, -0.1) is 0 Å². The van der Waals surface area contributed by atoms with Gasteiger partial charge in [0.2, 0.25) is 12.1 Å². The Morgan fingerprint density at radius 1 is 1.28 bits per heavy atom. The van der Waals surface area contributed by atoms with Gasteiger partial charge >= 0.3 is 0 Å². The molecule has 1 amide bonds. The summed E-state index contributed by atoms with van der Waals surface area (Å²) >= 11 is 0. The Morgan fingerprint density at radius 2 is 2.12 bits per heavy atom. The Labute approximate surface area is 146 Å². The predicted octanol–water partition coefficient (Wildman–Crippen LogP) is 1.74. The maximum absolute atomic E-state index is 12.2. The Kier molecular flexibility index (Phi) is 4.01. The van der Waals surface area contributed by atoms with E-state index in [-0.39, 0.29) is 11.8 Å². The van der Waals surface area contributed by atoms with E-state index in [1.54, 1.807) is 6.21 Å². The summed E-state index contributed by atoms with van der Waals surface area (Å²) in [5, 5.41) is 11.5. The Hall–Kier alpha value is -3.02. The third-order valence-corrected chi connectivity index (χ3v) is 4.39. The Morgan fingerprint density at radius 3 is 3.00 bits per heavy atom. The van der Waals surface area contributed by atoms with Gasteiger partial charge in [0.1, 0.15) is 11.6 Å². The lowest BCUT2D eigenvalue weighted by Crippen LogP contribution is -2.42. The highest BCUT2D eigenvalue weighted by Crippen LogP contribution is 2.27. The fourth-order valence-electron chi connectivity index (χ4n) is 3.19. The first-order valence-corrected chi connectivity index (χ1v) is 8.47. The summed E-state index contributed by atoms with van der Waals surface area (Å²) in [6.07, 6.45) is 1.30. The fourth-order valence-corrected chi connectivity index (χ4v) is 3.19. The first-order chi connectivity index (χ1) is 12.3. The second kappa shape index (κ2) is 6.47. The van der Waals surface area contributed by atoms with E-state index < -0.39 is 6.23 Å². The van der Waals surface area contributed by atoms with Gasteiger partial charge in [0, 0.05) is 18.5 Å². The molecule has 0 radical (unpaired) electrons. The number of hydrogen-bond donors (Lipinski definition) is 3. The van der Waals surface area contributed by atoms with Gasteiger partial charge in [-0.25, -0.2) is 4.99 Å². The third-order valence-electron chi connectivity index (χ3n) is 4.39. The third kappa shape index (κ3) is 2.91. The summed E-state index contributed by atoms with van der Waals surface area (Å²) < 4.78 is 6.11. The molecule has 0 bridgehead atoms. The molecule has 4 rings (SSSR count). The summed E-state index contributed by atoms with van der Waals surface area (Å²) in [5.74, 6) is 1.22. The number of ether oxygens (including phenoxy) is 1. The predicted molar refractivity (Wildman–Crippen MR) is 97.2 cm³/mol. The minimum Gasteiger partial charge on any atom is -0.465 e. The highest BCUT2D eigenvalue weighted by Gasteiger charge is 2.34. The average molecular weight is 336 g/mol. The number of rotatable bonds is 4. The van der Waals surface area contributed by atoms with E-state index in [1.165, 1.54) is 0 Å². The molecule has 0 saturated heterocycles. The molecule has 3 N–H and O–H groups in total. The lowest BCUT2D eigenvalue weighted by molar-refractivity contribution is -0.123. The molecule has 2 unspecified atom stereocenters. The molecule has 2 aromatic rings. The van der Waals surface area contributed by atoms with Crippen LogP contribution in [0.25, 0.3) is 10.8 Å². The number of nitrogens with zero attached hydrogens (tertiary/aromatic N) is 1. The summed E-state index contributed by atoms with van der Waals surface area (Å²) in [7, 11) is 0. The maximum Gasteiger partial charge on any atom is 0.230 e. The average Bonchev–Trinajstić information content (AvgIpc) is 3.06. The van der Waals surface area contributed by atoms with Crippen LogP contribution in [0.1, 0.15) is 6.92 Å². The number of nitrogens with one attached hydrogen (secondary N) is 3. The van der Waals surface area contributed by atoms with Crippen molar-refractivity contribution in [2.24, 2.45) is 10.9 Å². The van der Waals surface area contributed by atoms with Crippen molar-refractivity contribution in [2.45, 2.75) is 13.2 Å². The molecule has 128 valence electrons. The second-order valence-corrected chi connectivity index (χ2v) is 6.03. The van der Waals surface area contributed by atoms with Gasteiger partial charge in [-0.1, -0.05) is 36.4 Å². The monoisotopic (exact) mass is 336 g/mol. The van der Waals surface area contributed by atoms with Crippen LogP contribution in [-0.4, -0.2) is 31.4 Å². The van der Waals surface area contributed by atoms with Gasteiger partial charge < -0.3 is 20.7 Å². The van der Waals surface area contributed by atoms with Gasteiger partial charge in [0.15, 0.2) is 0 Å². The molecule has 6 nitrogen and oxygen atoms in total. The number of carbonyl (C=O) groups excluding carboxylic acids is 1. The zero-order valence-electron chi connectivity index (χ0n) is 14.0. The van der Waals surface area contributed by atoms with E-state index in [1.807, 2.05) is 37.3 Å². The van der Waals surface area contributed by atoms with Crippen molar-refractivity contribution in [3.05, 3.63) is 54.0 Å². The van der Waals surface area contributed by atoms with Crippen LogP contribution < -0.4 is 20.7 Å². The highest BCUT2D eigenvalue weighted by atomic mass is 16.5. The molecule has 2 aliphatic heterocycles. The standard InChI is InChI=1S/C19H20N4O2/c1-2-20-19(24)14-10-21-18-17(14)23-16(11-22-18)25-15-9-5-7-12-6-3-4-8-13(12)15/h3-9,11,14,16,21,23H,2,10H2,1H3,(H,20,24). The molecule has 0 spiro atoms. The van der Waals surface area contributed by atoms with Gasteiger partial charge in [-0.2, -0.15) is 0 Å². The molecular weight excluding hydrogens is 316 g/mol. The van der Waals surface area contributed by atoms with E-state index >= 15 is 0 Å². The van der Waals surface area contributed by atoms with Gasteiger partial charge in [0.05, 0.1) is 17.8 Å². The van der Waals surface area contributed by atoms with E-state index in [4.69, 9.17) is 4.74 Å². The molecule has 2 atom stereocenters. The maximum atomic E-state index is 12.2. The lowest BCUT2D eigenvalue weighted by atomic mass is 10.1. The molecular formula is C19H20N4O2. The van der Waals surface area contributed by atoms with Crippen LogP contribution in [-0.2, 0) is 4.79 Å². The van der Waals surface area contributed by atoms with Crippen molar-refractivity contribution in [2.75, 3.05) is 13.1 Å². The number of fused-ring (bicyclic) bond motifs is 1. The zero-order chi connectivity index (χ0) is 17.2. The second-order valence-electron chi connectivity index (χ2n) is 6.03. The Bertz CT molecular complexity index is 869. The fraction of sp³-hybridized carbons (Fsp3) is 0.263. The molecule has 2 aliphatic rings. The summed E-state index contributed by atoms with van der Waals surface area (Å²) in [6, 6.07) is 14.0. The van der Waals surface area contributed by atoms with Crippen LogP contribution in [0.5, 0.6) is 5.75 Å². The van der Waals surface area contributed by atoms with Gasteiger partial charge in [-0.3, -0.25) is 4.79 Å². The first-order valence-electron chi connectivity index (χ1n) is 8.47. The van der Waals surface area contributed by atoms with Gasteiger partial charge in [0.25, 0.3) is 0 Å². The topological polar surface area (TPSA) is 74.8 Å². The largest absolute Gasteiger partial charge is 0.465 e. The van der Waals surface area contributed by atoms with E-state index in [9.17, 15) is 4.79 Å². The van der Waals surface area contributed by atoms with E-state index in [0.29, 0.717) is 18.9 Å². The molecule has 0 saturated carbocycles. The van der Waals surface area contributed by atoms with Crippen molar-refractivity contribution in [3.63, 3.8) is 0 Å². The van der Waals surface area contributed by atoms with Crippen LogP contribution in [0.2, 0.25) is 0 Å². The smallest absolute Gasteiger partial charge is 0.230 e. The van der Waals surface area contributed by atoms with Crippen molar-refractivity contribution in [1.82, 2.24) is 16.0 Å². The summed E-state index contributed by atoms with van der Waals surface area (Å²) in [6.45, 7) is 3.06. The summed E-state index contributed by atoms with van der Waals surface area (Å²) in [4.78, 5) is 16.6. The van der Waals surface area contributed by atoms with Crippen LogP contribution >= 0.6 is 0 Å². The van der Waals surface area contributed by atoms with Gasteiger partial charge in [-0.05, 0) is 18.4 Å². The first kappa shape index (κ1) is 15.5. The van der Waals surface area contributed by atoms with Crippen LogP contribution in [0.3, 0.4) is 0 Å². The molecule has 0 fully saturated rings. The molecule has 0 aliphatic carbocycles. The minimum atomic E-state index is -0.415. The molecule has 2 aromatic carbocycles. The highest BCUT2D eigenvalue weighted by molar-refractivity contribution is 5.88. The number of benzene rings is 2. The molecule has 0 aromatic heterocycles. The lowest BCUT2D eigenvalue weighted by Gasteiger charge is -2.24. The Balaban J connectivity index is 1.54.